The maximum absolute atomic E-state index is 11.1. The number of azide groups is 1. The van der Waals surface area contributed by atoms with Gasteiger partial charge in [0, 0.05) is 23.5 Å². The van der Waals surface area contributed by atoms with E-state index in [1.807, 2.05) is 20.8 Å². The van der Waals surface area contributed by atoms with E-state index in [1.165, 1.54) is 4.90 Å². The van der Waals surface area contributed by atoms with Gasteiger partial charge >= 0.3 is 6.09 Å². The van der Waals surface area contributed by atoms with Crippen LogP contribution in [0.25, 0.3) is 10.4 Å². The van der Waals surface area contributed by atoms with Gasteiger partial charge in [0.15, 0.2) is 0 Å². The van der Waals surface area contributed by atoms with Crippen molar-refractivity contribution in [3.05, 3.63) is 10.4 Å². The Morgan fingerprint density at radius 1 is 1.30 bits per heavy atom. The van der Waals surface area contributed by atoms with E-state index in [1.54, 1.807) is 0 Å². The van der Waals surface area contributed by atoms with Crippen LogP contribution >= 0.6 is 0 Å². The number of carboxylic acid groups (broad SMARTS) is 1. The number of nitrogens with zero attached hydrogens (tertiary/aromatic N) is 4. The first-order chi connectivity index (χ1) is 9.29. The van der Waals surface area contributed by atoms with Crippen LogP contribution in [0.5, 0.6) is 0 Å². The van der Waals surface area contributed by atoms with Crippen molar-refractivity contribution in [2.45, 2.75) is 45.6 Å². The van der Waals surface area contributed by atoms with Crippen molar-refractivity contribution in [2.75, 3.05) is 19.6 Å². The van der Waals surface area contributed by atoms with Gasteiger partial charge in [-0.15, -0.1) is 0 Å². The molecule has 0 rings (SSSR count). The SMILES string of the molecule is CC(C)(C)N(CCCCCNC(=O)CN=[N+]=[N-])C(=O)O. The van der Waals surface area contributed by atoms with Gasteiger partial charge in [-0.2, -0.15) is 0 Å². The summed E-state index contributed by atoms with van der Waals surface area (Å²) in [5.74, 6) is -0.301. The summed E-state index contributed by atoms with van der Waals surface area (Å²) in [4.78, 5) is 26.1. The molecule has 8 nitrogen and oxygen atoms in total. The number of hydrogen-bond acceptors (Lipinski definition) is 3. The average molecular weight is 285 g/mol. The molecular weight excluding hydrogens is 262 g/mol. The molecule has 0 atom stereocenters. The van der Waals surface area contributed by atoms with Crippen molar-refractivity contribution in [3.63, 3.8) is 0 Å². The lowest BCUT2D eigenvalue weighted by atomic mass is 10.1. The lowest BCUT2D eigenvalue weighted by Crippen LogP contribution is -2.45. The molecule has 0 radical (unpaired) electrons. The van der Waals surface area contributed by atoms with Gasteiger partial charge in [-0.3, -0.25) is 4.79 Å². The number of nitrogens with one attached hydrogen (secondary N) is 1. The molecule has 0 aromatic heterocycles. The smallest absolute Gasteiger partial charge is 0.407 e. The zero-order valence-electron chi connectivity index (χ0n) is 12.3. The van der Waals surface area contributed by atoms with E-state index in [2.05, 4.69) is 15.3 Å². The third-order valence-corrected chi connectivity index (χ3v) is 2.70. The number of hydrogen-bond donors (Lipinski definition) is 2. The highest BCUT2D eigenvalue weighted by Crippen LogP contribution is 2.14. The molecule has 0 spiro atoms. The second kappa shape index (κ2) is 9.03. The average Bonchev–Trinajstić information content (AvgIpc) is 2.33. The predicted octanol–water partition coefficient (Wildman–Crippen LogP) is 2.36. The number of carbonyl (C=O) groups is 2. The molecule has 0 aliphatic carbocycles. The van der Waals surface area contributed by atoms with Crippen LogP contribution < -0.4 is 5.32 Å². The van der Waals surface area contributed by atoms with Gasteiger partial charge in [-0.1, -0.05) is 5.11 Å². The van der Waals surface area contributed by atoms with Crippen LogP contribution in [0.3, 0.4) is 0 Å². The van der Waals surface area contributed by atoms with Crippen LogP contribution in [0.15, 0.2) is 5.11 Å². The summed E-state index contributed by atoms with van der Waals surface area (Å²) in [5.41, 5.74) is 7.64. The van der Waals surface area contributed by atoms with E-state index in [9.17, 15) is 9.59 Å². The molecule has 20 heavy (non-hydrogen) atoms. The molecule has 0 aromatic carbocycles. The molecule has 0 aliphatic heterocycles. The van der Waals surface area contributed by atoms with E-state index >= 15 is 0 Å². The molecule has 0 aromatic rings. The topological polar surface area (TPSA) is 118 Å². The first kappa shape index (κ1) is 18.0. The van der Waals surface area contributed by atoms with Gasteiger partial charge in [0.25, 0.3) is 0 Å². The van der Waals surface area contributed by atoms with Crippen LogP contribution in [0.2, 0.25) is 0 Å². The van der Waals surface area contributed by atoms with Gasteiger partial charge in [0.1, 0.15) is 6.54 Å². The molecule has 2 N–H and O–H groups in total. The summed E-state index contributed by atoms with van der Waals surface area (Å²) < 4.78 is 0. The van der Waals surface area contributed by atoms with Crippen LogP contribution in [-0.4, -0.2) is 47.2 Å². The van der Waals surface area contributed by atoms with Gasteiger partial charge in [-0.05, 0) is 45.6 Å². The minimum Gasteiger partial charge on any atom is -0.465 e. The normalized spacial score (nSPS) is 10.6. The van der Waals surface area contributed by atoms with E-state index in [-0.39, 0.29) is 12.5 Å². The molecular formula is C12H23N5O3. The number of rotatable bonds is 8. The van der Waals surface area contributed by atoms with Crippen molar-refractivity contribution in [1.29, 1.82) is 0 Å². The van der Waals surface area contributed by atoms with Crippen molar-refractivity contribution < 1.29 is 14.7 Å². The standard InChI is InChI=1S/C12H23N5O3/c1-12(2,3)17(11(19)20)8-6-4-5-7-14-10(18)9-15-16-13/h4-9H2,1-3H3,(H,14,18)(H,19,20). The van der Waals surface area contributed by atoms with E-state index < -0.39 is 11.6 Å². The van der Waals surface area contributed by atoms with Crippen LogP contribution in [-0.2, 0) is 4.79 Å². The third-order valence-electron chi connectivity index (χ3n) is 2.70. The Hall–Kier alpha value is -1.95. The van der Waals surface area contributed by atoms with Gasteiger partial charge < -0.3 is 15.3 Å². The largest absolute Gasteiger partial charge is 0.465 e. The fourth-order valence-electron chi connectivity index (χ4n) is 1.67. The summed E-state index contributed by atoms with van der Waals surface area (Å²) in [6.45, 7) is 6.37. The van der Waals surface area contributed by atoms with Crippen LogP contribution in [0, 0.1) is 0 Å². The molecule has 114 valence electrons. The maximum atomic E-state index is 11.1. The van der Waals surface area contributed by atoms with Crippen molar-refractivity contribution in [2.24, 2.45) is 5.11 Å². The zero-order chi connectivity index (χ0) is 15.6. The molecule has 0 fully saturated rings. The summed E-state index contributed by atoms with van der Waals surface area (Å²) in [5, 5.41) is 14.9. The monoisotopic (exact) mass is 285 g/mol. The highest BCUT2D eigenvalue weighted by Gasteiger charge is 2.24. The quantitative estimate of drug-likeness (QED) is 0.308. The van der Waals surface area contributed by atoms with E-state index in [4.69, 9.17) is 10.6 Å². The molecule has 0 heterocycles. The lowest BCUT2D eigenvalue weighted by molar-refractivity contribution is -0.119. The Morgan fingerprint density at radius 2 is 1.95 bits per heavy atom. The Balaban J connectivity index is 3.78. The molecule has 0 aliphatic rings. The summed E-state index contributed by atoms with van der Waals surface area (Å²) in [6, 6.07) is 0. The lowest BCUT2D eigenvalue weighted by Gasteiger charge is -2.33. The first-order valence-corrected chi connectivity index (χ1v) is 6.57. The predicted molar refractivity (Wildman–Crippen MR) is 75.4 cm³/mol. The van der Waals surface area contributed by atoms with Crippen molar-refractivity contribution >= 4 is 12.0 Å². The van der Waals surface area contributed by atoms with Crippen LogP contribution in [0.1, 0.15) is 40.0 Å². The van der Waals surface area contributed by atoms with Crippen molar-refractivity contribution in [3.8, 4) is 0 Å². The highest BCUT2D eigenvalue weighted by atomic mass is 16.4. The first-order valence-electron chi connectivity index (χ1n) is 6.57. The molecule has 0 saturated carbocycles. The molecule has 0 unspecified atom stereocenters. The fourth-order valence-corrected chi connectivity index (χ4v) is 1.67. The Kier molecular flexibility index (Phi) is 8.15. The second-order valence-electron chi connectivity index (χ2n) is 5.40. The van der Waals surface area contributed by atoms with E-state index in [0.717, 1.165) is 19.3 Å². The molecule has 2 amide bonds. The van der Waals surface area contributed by atoms with E-state index in [0.29, 0.717) is 13.1 Å². The maximum Gasteiger partial charge on any atom is 0.407 e. The van der Waals surface area contributed by atoms with Crippen LogP contribution in [0.4, 0.5) is 4.79 Å². The highest BCUT2D eigenvalue weighted by molar-refractivity contribution is 5.78. The van der Waals surface area contributed by atoms with Crippen molar-refractivity contribution in [1.82, 2.24) is 10.2 Å². The van der Waals surface area contributed by atoms with Gasteiger partial charge in [0.05, 0.1) is 0 Å². The second-order valence-corrected chi connectivity index (χ2v) is 5.40. The Morgan fingerprint density at radius 3 is 2.45 bits per heavy atom. The molecule has 0 saturated heterocycles. The Bertz CT molecular complexity index is 372. The molecule has 8 heteroatoms. The summed E-state index contributed by atoms with van der Waals surface area (Å²) in [6.07, 6.45) is 1.41. The summed E-state index contributed by atoms with van der Waals surface area (Å²) in [7, 11) is 0. The minimum absolute atomic E-state index is 0.187. The fraction of sp³-hybridized carbons (Fsp3) is 0.833. The summed E-state index contributed by atoms with van der Waals surface area (Å²) >= 11 is 0. The number of carbonyl (C=O) groups excluding carboxylic acids is 1. The minimum atomic E-state index is -0.917. The zero-order valence-corrected chi connectivity index (χ0v) is 12.3. The third kappa shape index (κ3) is 8.20. The van der Waals surface area contributed by atoms with Gasteiger partial charge in [0.2, 0.25) is 5.91 Å². The van der Waals surface area contributed by atoms with Gasteiger partial charge in [-0.25, -0.2) is 4.79 Å². The molecule has 0 bridgehead atoms. The Labute approximate surface area is 118 Å². The number of amides is 2. The number of unbranched alkanes of at least 4 members (excludes halogenated alkanes) is 2.